The second kappa shape index (κ2) is 3.33. The van der Waals surface area contributed by atoms with Crippen LogP contribution in [-0.4, -0.2) is 4.98 Å². The number of fused-ring (bicyclic) bond motifs is 1. The van der Waals surface area contributed by atoms with Crippen LogP contribution in [-0.2, 0) is 6.42 Å². The van der Waals surface area contributed by atoms with E-state index >= 15 is 0 Å². The molecule has 0 N–H and O–H groups in total. The van der Waals surface area contributed by atoms with Crippen molar-refractivity contribution in [3.63, 3.8) is 0 Å². The maximum Gasteiger partial charge on any atom is 0.168 e. The molecule has 3 heteroatoms. The molecule has 0 saturated carbocycles. The largest absolute Gasteiger partial charge is 0.253 e. The summed E-state index contributed by atoms with van der Waals surface area (Å²) < 4.78 is 26.0. The quantitative estimate of drug-likeness (QED) is 0.678. The van der Waals surface area contributed by atoms with Crippen molar-refractivity contribution >= 4 is 10.9 Å². The molecule has 2 rings (SSSR count). The third kappa shape index (κ3) is 1.35. The third-order valence-corrected chi connectivity index (χ3v) is 2.18. The van der Waals surface area contributed by atoms with Gasteiger partial charge in [0.25, 0.3) is 0 Å². The minimum atomic E-state index is -0.830. The fourth-order valence-corrected chi connectivity index (χ4v) is 1.38. The van der Waals surface area contributed by atoms with Crippen molar-refractivity contribution in [2.24, 2.45) is 0 Å². The van der Waals surface area contributed by atoms with Gasteiger partial charge < -0.3 is 0 Å². The Labute approximate surface area is 80.4 Å². The highest BCUT2D eigenvalue weighted by molar-refractivity contribution is 5.79. The predicted molar refractivity (Wildman–Crippen MR) is 51.0 cm³/mol. The number of aromatic nitrogens is 1. The van der Waals surface area contributed by atoms with Gasteiger partial charge in [0.15, 0.2) is 11.6 Å². The number of pyridine rings is 1. The first-order valence-corrected chi connectivity index (χ1v) is 4.46. The molecule has 0 spiro atoms. The Morgan fingerprint density at radius 1 is 1.14 bits per heavy atom. The summed E-state index contributed by atoms with van der Waals surface area (Å²) in [5, 5.41) is 0.238. The zero-order chi connectivity index (χ0) is 10.1. The fourth-order valence-electron chi connectivity index (χ4n) is 1.38. The van der Waals surface area contributed by atoms with Crippen LogP contribution >= 0.6 is 0 Å². The molecule has 0 aliphatic heterocycles. The number of hydrogen-bond donors (Lipinski definition) is 0. The lowest BCUT2D eigenvalue weighted by molar-refractivity contribution is 0.517. The van der Waals surface area contributed by atoms with E-state index in [0.717, 1.165) is 18.2 Å². The highest BCUT2D eigenvalue weighted by Crippen LogP contribution is 2.19. The van der Waals surface area contributed by atoms with Crippen LogP contribution in [0.5, 0.6) is 0 Å². The Kier molecular flexibility index (Phi) is 2.15. The zero-order valence-electron chi connectivity index (χ0n) is 7.72. The van der Waals surface area contributed by atoms with Gasteiger partial charge in [0.05, 0.1) is 5.52 Å². The molecule has 0 bridgehead atoms. The van der Waals surface area contributed by atoms with Gasteiger partial charge in [-0.05, 0) is 30.7 Å². The van der Waals surface area contributed by atoms with E-state index < -0.39 is 11.6 Å². The minimum Gasteiger partial charge on any atom is -0.253 e. The Morgan fingerprint density at radius 2 is 1.93 bits per heavy atom. The summed E-state index contributed by atoms with van der Waals surface area (Å²) in [5.74, 6) is -1.65. The van der Waals surface area contributed by atoms with Crippen molar-refractivity contribution in [1.29, 1.82) is 0 Å². The monoisotopic (exact) mass is 193 g/mol. The Hall–Kier alpha value is -1.51. The summed E-state index contributed by atoms with van der Waals surface area (Å²) in [6.07, 6.45) is 0.787. The molecule has 1 heterocycles. The van der Waals surface area contributed by atoms with Crippen molar-refractivity contribution in [3.05, 3.63) is 41.6 Å². The van der Waals surface area contributed by atoms with Gasteiger partial charge >= 0.3 is 0 Å². The standard InChI is InChI=1S/C11H9F2N/c1-2-7-3-4-8-10(14-7)6-5-9(12)11(8)13/h3-6H,2H2,1H3. The summed E-state index contributed by atoms with van der Waals surface area (Å²) in [4.78, 5) is 4.19. The van der Waals surface area contributed by atoms with E-state index in [2.05, 4.69) is 4.98 Å². The predicted octanol–water partition coefficient (Wildman–Crippen LogP) is 3.08. The number of rotatable bonds is 1. The van der Waals surface area contributed by atoms with Crippen LogP contribution in [0.15, 0.2) is 24.3 Å². The first kappa shape index (κ1) is 9.06. The van der Waals surface area contributed by atoms with Gasteiger partial charge in [-0.15, -0.1) is 0 Å². The van der Waals surface area contributed by atoms with Crippen LogP contribution in [0.2, 0.25) is 0 Å². The van der Waals surface area contributed by atoms with Gasteiger partial charge in [0, 0.05) is 11.1 Å². The Bertz CT molecular complexity index is 480. The van der Waals surface area contributed by atoms with Crippen molar-refractivity contribution in [2.75, 3.05) is 0 Å². The second-order valence-electron chi connectivity index (χ2n) is 3.08. The van der Waals surface area contributed by atoms with E-state index in [4.69, 9.17) is 0 Å². The first-order valence-electron chi connectivity index (χ1n) is 4.46. The summed E-state index contributed by atoms with van der Waals surface area (Å²) >= 11 is 0. The molecule has 0 atom stereocenters. The van der Waals surface area contributed by atoms with E-state index in [9.17, 15) is 8.78 Å². The lowest BCUT2D eigenvalue weighted by Crippen LogP contribution is -1.91. The van der Waals surface area contributed by atoms with Gasteiger partial charge in [-0.1, -0.05) is 6.92 Å². The molecule has 14 heavy (non-hydrogen) atoms. The fraction of sp³-hybridized carbons (Fsp3) is 0.182. The molecule has 72 valence electrons. The molecule has 0 aliphatic rings. The Balaban J connectivity index is 2.74. The number of benzene rings is 1. The van der Waals surface area contributed by atoms with Crippen molar-refractivity contribution in [1.82, 2.24) is 4.98 Å². The van der Waals surface area contributed by atoms with Gasteiger partial charge in [-0.25, -0.2) is 8.78 Å². The van der Waals surface area contributed by atoms with Crippen LogP contribution in [0.3, 0.4) is 0 Å². The number of hydrogen-bond acceptors (Lipinski definition) is 1. The molecule has 0 radical (unpaired) electrons. The van der Waals surface area contributed by atoms with E-state index in [-0.39, 0.29) is 5.39 Å². The van der Waals surface area contributed by atoms with Crippen LogP contribution in [0.25, 0.3) is 10.9 Å². The lowest BCUT2D eigenvalue weighted by atomic mass is 10.1. The van der Waals surface area contributed by atoms with E-state index in [1.54, 1.807) is 12.1 Å². The number of nitrogens with zero attached hydrogens (tertiary/aromatic N) is 1. The first-order chi connectivity index (χ1) is 6.72. The summed E-state index contributed by atoms with van der Waals surface area (Å²) in [6.45, 7) is 1.97. The molecule has 0 saturated heterocycles. The van der Waals surface area contributed by atoms with Crippen LogP contribution in [0.4, 0.5) is 8.78 Å². The molecular weight excluding hydrogens is 184 g/mol. The highest BCUT2D eigenvalue weighted by Gasteiger charge is 2.07. The lowest BCUT2D eigenvalue weighted by Gasteiger charge is -2.01. The normalized spacial score (nSPS) is 10.8. The zero-order valence-corrected chi connectivity index (χ0v) is 7.72. The molecule has 0 unspecified atom stereocenters. The van der Waals surface area contributed by atoms with E-state index in [1.807, 2.05) is 6.92 Å². The molecule has 0 fully saturated rings. The molecule has 1 nitrogen and oxygen atoms in total. The highest BCUT2D eigenvalue weighted by atomic mass is 19.2. The van der Waals surface area contributed by atoms with Gasteiger partial charge in [-0.3, -0.25) is 4.98 Å². The SMILES string of the molecule is CCc1ccc2c(F)c(F)ccc2n1. The smallest absolute Gasteiger partial charge is 0.168 e. The number of aryl methyl sites for hydroxylation is 1. The second-order valence-corrected chi connectivity index (χ2v) is 3.08. The topological polar surface area (TPSA) is 12.9 Å². The molecule has 0 amide bonds. The Morgan fingerprint density at radius 3 is 2.64 bits per heavy atom. The summed E-state index contributed by atoms with van der Waals surface area (Å²) in [5.41, 5.74) is 1.38. The van der Waals surface area contributed by atoms with Crippen LogP contribution in [0.1, 0.15) is 12.6 Å². The average molecular weight is 193 g/mol. The maximum atomic E-state index is 13.2. The van der Waals surface area contributed by atoms with E-state index in [1.165, 1.54) is 6.07 Å². The minimum absolute atomic E-state index is 0.238. The van der Waals surface area contributed by atoms with Gasteiger partial charge in [-0.2, -0.15) is 0 Å². The van der Waals surface area contributed by atoms with Crippen molar-refractivity contribution in [2.45, 2.75) is 13.3 Å². The molecule has 1 aromatic carbocycles. The molecule has 0 aliphatic carbocycles. The van der Waals surface area contributed by atoms with Crippen LogP contribution in [0, 0.1) is 11.6 Å². The molecule has 2 aromatic rings. The third-order valence-electron chi connectivity index (χ3n) is 2.18. The maximum absolute atomic E-state index is 13.2. The summed E-state index contributed by atoms with van der Waals surface area (Å²) in [7, 11) is 0. The number of halogens is 2. The average Bonchev–Trinajstić information content (AvgIpc) is 2.23. The molecule has 1 aromatic heterocycles. The summed E-state index contributed by atoms with van der Waals surface area (Å²) in [6, 6.07) is 5.88. The van der Waals surface area contributed by atoms with Crippen molar-refractivity contribution < 1.29 is 8.78 Å². The van der Waals surface area contributed by atoms with E-state index in [0.29, 0.717) is 5.52 Å². The molecular formula is C11H9F2N. The van der Waals surface area contributed by atoms with Gasteiger partial charge in [0.2, 0.25) is 0 Å². The van der Waals surface area contributed by atoms with Gasteiger partial charge in [0.1, 0.15) is 0 Å². The van der Waals surface area contributed by atoms with Crippen LogP contribution < -0.4 is 0 Å². The van der Waals surface area contributed by atoms with Crippen molar-refractivity contribution in [3.8, 4) is 0 Å².